The molecule has 0 spiro atoms. The van der Waals surface area contributed by atoms with E-state index in [4.69, 9.17) is 5.11 Å². The topological polar surface area (TPSA) is 78.4 Å². The van der Waals surface area contributed by atoms with Gasteiger partial charge in [0.05, 0.1) is 6.42 Å². The Kier molecular flexibility index (Phi) is 6.03. The zero-order valence-electron chi connectivity index (χ0n) is 12.0. The molecule has 1 rings (SSSR count). The second-order valence-corrected chi connectivity index (χ2v) is 5.42. The largest absolute Gasteiger partial charge is 0.481 e. The van der Waals surface area contributed by atoms with Crippen molar-refractivity contribution < 1.29 is 14.7 Å². The molecule has 0 heterocycles. The van der Waals surface area contributed by atoms with E-state index in [9.17, 15) is 9.59 Å². The van der Waals surface area contributed by atoms with Crippen molar-refractivity contribution in [2.45, 2.75) is 38.6 Å². The summed E-state index contributed by atoms with van der Waals surface area (Å²) in [6.07, 6.45) is 1.64. The third kappa shape index (κ3) is 6.78. The summed E-state index contributed by atoms with van der Waals surface area (Å²) in [6, 6.07) is 9.73. The Balaban J connectivity index is 2.22. The molecule has 20 heavy (non-hydrogen) atoms. The summed E-state index contributed by atoms with van der Waals surface area (Å²) in [5.74, 6) is -0.931. The molecular formula is C15H22N2O3. The van der Waals surface area contributed by atoms with Crippen molar-refractivity contribution in [2.75, 3.05) is 6.54 Å². The van der Waals surface area contributed by atoms with Crippen LogP contribution in [-0.4, -0.2) is 29.2 Å². The first-order valence-corrected chi connectivity index (χ1v) is 6.71. The fraction of sp³-hybridized carbons (Fsp3) is 0.467. The number of aryl methyl sites for hydroxylation is 1. The molecule has 0 aliphatic rings. The Bertz CT molecular complexity index is 444. The smallest absolute Gasteiger partial charge is 0.315 e. The van der Waals surface area contributed by atoms with Crippen LogP contribution in [0.5, 0.6) is 0 Å². The van der Waals surface area contributed by atoms with E-state index in [1.165, 1.54) is 5.56 Å². The van der Waals surface area contributed by atoms with Crippen molar-refractivity contribution in [3.05, 3.63) is 35.9 Å². The molecule has 0 atom stereocenters. The van der Waals surface area contributed by atoms with Gasteiger partial charge in [0.15, 0.2) is 0 Å². The molecule has 5 heteroatoms. The van der Waals surface area contributed by atoms with Gasteiger partial charge in [-0.15, -0.1) is 0 Å². The maximum atomic E-state index is 11.6. The van der Waals surface area contributed by atoms with Crippen molar-refractivity contribution in [1.29, 1.82) is 0 Å². The maximum Gasteiger partial charge on any atom is 0.315 e. The van der Waals surface area contributed by atoms with Crippen LogP contribution in [0, 0.1) is 0 Å². The second kappa shape index (κ2) is 7.53. The highest BCUT2D eigenvalue weighted by molar-refractivity contribution is 5.76. The van der Waals surface area contributed by atoms with Crippen molar-refractivity contribution >= 4 is 12.0 Å². The van der Waals surface area contributed by atoms with Crippen LogP contribution in [-0.2, 0) is 11.2 Å². The molecule has 0 aliphatic heterocycles. The van der Waals surface area contributed by atoms with Crippen LogP contribution in [0.4, 0.5) is 4.79 Å². The minimum absolute atomic E-state index is 0.107. The van der Waals surface area contributed by atoms with E-state index >= 15 is 0 Å². The molecule has 110 valence electrons. The number of aliphatic carboxylic acids is 1. The van der Waals surface area contributed by atoms with Crippen LogP contribution >= 0.6 is 0 Å². The van der Waals surface area contributed by atoms with Gasteiger partial charge in [0.1, 0.15) is 0 Å². The fourth-order valence-corrected chi connectivity index (χ4v) is 1.91. The van der Waals surface area contributed by atoms with E-state index in [2.05, 4.69) is 22.8 Å². The zero-order chi connectivity index (χ0) is 15.0. The van der Waals surface area contributed by atoms with Crippen molar-refractivity contribution in [2.24, 2.45) is 0 Å². The monoisotopic (exact) mass is 278 g/mol. The highest BCUT2D eigenvalue weighted by atomic mass is 16.4. The molecule has 0 saturated carbocycles. The molecule has 0 saturated heterocycles. The average molecular weight is 278 g/mol. The number of hydrogen-bond acceptors (Lipinski definition) is 2. The Morgan fingerprint density at radius 1 is 1.20 bits per heavy atom. The Hall–Kier alpha value is -2.04. The number of rotatable bonds is 7. The summed E-state index contributed by atoms with van der Waals surface area (Å²) in [4.78, 5) is 22.3. The number of urea groups is 1. The number of carboxylic acid groups (broad SMARTS) is 1. The Labute approximate surface area is 119 Å². The third-order valence-electron chi connectivity index (χ3n) is 2.82. The molecule has 0 fully saturated rings. The lowest BCUT2D eigenvalue weighted by atomic mass is 10.0. The van der Waals surface area contributed by atoms with Crippen molar-refractivity contribution in [3.63, 3.8) is 0 Å². The van der Waals surface area contributed by atoms with Gasteiger partial charge in [-0.2, -0.15) is 0 Å². The summed E-state index contributed by atoms with van der Waals surface area (Å²) in [5, 5.41) is 14.1. The number of amides is 2. The zero-order valence-corrected chi connectivity index (χ0v) is 12.0. The normalized spacial score (nSPS) is 10.9. The van der Waals surface area contributed by atoms with Gasteiger partial charge in [-0.3, -0.25) is 4.79 Å². The van der Waals surface area contributed by atoms with Gasteiger partial charge in [-0.1, -0.05) is 30.3 Å². The molecular weight excluding hydrogens is 256 g/mol. The fourth-order valence-electron chi connectivity index (χ4n) is 1.91. The van der Waals surface area contributed by atoms with Gasteiger partial charge in [-0.05, 0) is 32.3 Å². The number of carbonyl (C=O) groups excluding carboxylic acids is 1. The highest BCUT2D eigenvalue weighted by Crippen LogP contribution is 2.07. The number of benzene rings is 1. The average Bonchev–Trinajstić information content (AvgIpc) is 2.33. The van der Waals surface area contributed by atoms with Gasteiger partial charge < -0.3 is 15.7 Å². The van der Waals surface area contributed by atoms with E-state index < -0.39 is 11.5 Å². The predicted molar refractivity (Wildman–Crippen MR) is 77.6 cm³/mol. The standard InChI is InChI=1S/C15H22N2O3/c1-15(2,11-13(18)19)17-14(20)16-10-6-9-12-7-4-3-5-8-12/h3-5,7-8H,6,9-11H2,1-2H3,(H,18,19)(H2,16,17,20). The molecule has 3 N–H and O–H groups in total. The van der Waals surface area contributed by atoms with Crippen LogP contribution in [0.15, 0.2) is 30.3 Å². The first-order valence-electron chi connectivity index (χ1n) is 6.71. The molecule has 0 radical (unpaired) electrons. The van der Waals surface area contributed by atoms with E-state index in [0.717, 1.165) is 12.8 Å². The molecule has 0 aliphatic carbocycles. The molecule has 0 unspecified atom stereocenters. The number of nitrogens with one attached hydrogen (secondary N) is 2. The van der Waals surface area contributed by atoms with Gasteiger partial charge in [0.25, 0.3) is 0 Å². The third-order valence-corrected chi connectivity index (χ3v) is 2.82. The highest BCUT2D eigenvalue weighted by Gasteiger charge is 2.23. The minimum Gasteiger partial charge on any atom is -0.481 e. The Morgan fingerprint density at radius 3 is 2.45 bits per heavy atom. The summed E-state index contributed by atoms with van der Waals surface area (Å²) in [6.45, 7) is 3.93. The van der Waals surface area contributed by atoms with Gasteiger partial charge >= 0.3 is 12.0 Å². The maximum absolute atomic E-state index is 11.6. The van der Waals surface area contributed by atoms with Crippen LogP contribution in [0.25, 0.3) is 0 Å². The van der Waals surface area contributed by atoms with E-state index in [0.29, 0.717) is 6.54 Å². The van der Waals surface area contributed by atoms with Gasteiger partial charge in [-0.25, -0.2) is 4.79 Å². The van der Waals surface area contributed by atoms with Crippen LogP contribution in [0.2, 0.25) is 0 Å². The SMILES string of the molecule is CC(C)(CC(=O)O)NC(=O)NCCCc1ccccc1. The summed E-state index contributed by atoms with van der Waals surface area (Å²) in [5.41, 5.74) is 0.482. The first-order chi connectivity index (χ1) is 9.39. The van der Waals surface area contributed by atoms with E-state index in [1.54, 1.807) is 13.8 Å². The lowest BCUT2D eigenvalue weighted by molar-refractivity contribution is -0.138. The predicted octanol–water partition coefficient (Wildman–Crippen LogP) is 2.17. The molecule has 0 bridgehead atoms. The number of carbonyl (C=O) groups is 2. The minimum atomic E-state index is -0.931. The molecule has 1 aromatic rings. The summed E-state index contributed by atoms with van der Waals surface area (Å²) in [7, 11) is 0. The summed E-state index contributed by atoms with van der Waals surface area (Å²) >= 11 is 0. The van der Waals surface area contributed by atoms with Crippen molar-refractivity contribution in [3.8, 4) is 0 Å². The first kappa shape index (κ1) is 16.0. The van der Waals surface area contributed by atoms with E-state index in [-0.39, 0.29) is 12.5 Å². The molecule has 0 aromatic heterocycles. The number of hydrogen-bond donors (Lipinski definition) is 3. The molecule has 5 nitrogen and oxygen atoms in total. The summed E-state index contributed by atoms with van der Waals surface area (Å²) < 4.78 is 0. The van der Waals surface area contributed by atoms with E-state index in [1.807, 2.05) is 18.2 Å². The van der Waals surface area contributed by atoms with Crippen molar-refractivity contribution in [1.82, 2.24) is 10.6 Å². The quantitative estimate of drug-likeness (QED) is 0.669. The van der Waals surface area contributed by atoms with Gasteiger partial charge in [0, 0.05) is 12.1 Å². The van der Waals surface area contributed by atoms with Crippen LogP contribution in [0.1, 0.15) is 32.3 Å². The lowest BCUT2D eigenvalue weighted by Crippen LogP contribution is -2.49. The van der Waals surface area contributed by atoms with Gasteiger partial charge in [0.2, 0.25) is 0 Å². The molecule has 1 aromatic carbocycles. The Morgan fingerprint density at radius 2 is 1.85 bits per heavy atom. The second-order valence-electron chi connectivity index (χ2n) is 5.42. The van der Waals surface area contributed by atoms with Crippen LogP contribution in [0.3, 0.4) is 0 Å². The number of carboxylic acids is 1. The molecule has 2 amide bonds. The lowest BCUT2D eigenvalue weighted by Gasteiger charge is -2.24. The van der Waals surface area contributed by atoms with Crippen LogP contribution < -0.4 is 10.6 Å².